The summed E-state index contributed by atoms with van der Waals surface area (Å²) in [5.74, 6) is -0.474. The van der Waals surface area contributed by atoms with Crippen LogP contribution in [0.25, 0.3) is 0 Å². The number of nitrogens with zero attached hydrogens (tertiary/aromatic N) is 2. The van der Waals surface area contributed by atoms with E-state index in [9.17, 15) is 18.0 Å². The van der Waals surface area contributed by atoms with Gasteiger partial charge < -0.3 is 5.32 Å². The van der Waals surface area contributed by atoms with E-state index in [-0.39, 0.29) is 11.4 Å². The Balaban J connectivity index is 1.90. The lowest BCUT2D eigenvalue weighted by Crippen LogP contribution is -2.59. The first-order chi connectivity index (χ1) is 9.94. The summed E-state index contributed by atoms with van der Waals surface area (Å²) in [6.45, 7) is 0.240. The minimum absolute atomic E-state index is 0.0677. The summed E-state index contributed by atoms with van der Waals surface area (Å²) in [5.41, 5.74) is -1.16. The zero-order chi connectivity index (χ0) is 15.1. The largest absolute Gasteiger partial charge is 0.322 e. The number of pyridine rings is 1. The van der Waals surface area contributed by atoms with Crippen LogP contribution in [0.4, 0.5) is 4.79 Å². The van der Waals surface area contributed by atoms with Gasteiger partial charge in [-0.25, -0.2) is 13.2 Å². The molecule has 1 spiro atoms. The Morgan fingerprint density at radius 3 is 2.76 bits per heavy atom. The second-order valence-electron chi connectivity index (χ2n) is 5.12. The van der Waals surface area contributed by atoms with Crippen molar-refractivity contribution >= 4 is 22.0 Å². The van der Waals surface area contributed by atoms with E-state index < -0.39 is 27.5 Å². The molecule has 0 aliphatic carbocycles. The number of imide groups is 1. The van der Waals surface area contributed by atoms with Crippen molar-refractivity contribution in [3.63, 3.8) is 0 Å². The molecule has 2 aliphatic heterocycles. The van der Waals surface area contributed by atoms with Gasteiger partial charge in [-0.3, -0.25) is 15.1 Å². The molecule has 2 fully saturated rings. The van der Waals surface area contributed by atoms with E-state index in [0.717, 1.165) is 0 Å². The van der Waals surface area contributed by atoms with Gasteiger partial charge in [0.2, 0.25) is 10.0 Å². The molecule has 8 nitrogen and oxygen atoms in total. The molecule has 0 saturated carbocycles. The molecule has 0 bridgehead atoms. The predicted octanol–water partition coefficient (Wildman–Crippen LogP) is -0.556. The van der Waals surface area contributed by atoms with Crippen molar-refractivity contribution in [1.82, 2.24) is 19.9 Å². The van der Waals surface area contributed by atoms with Crippen LogP contribution < -0.4 is 10.6 Å². The number of carbonyl (C=O) groups excluding carboxylic acids is 2. The average Bonchev–Trinajstić information content (AvgIpc) is 2.73. The zero-order valence-electron chi connectivity index (χ0n) is 11.1. The molecule has 112 valence electrons. The highest BCUT2D eigenvalue weighted by molar-refractivity contribution is 7.89. The molecule has 3 heterocycles. The first-order valence-corrected chi connectivity index (χ1v) is 7.92. The zero-order valence-corrected chi connectivity index (χ0v) is 11.9. The number of rotatable bonds is 2. The van der Waals surface area contributed by atoms with Crippen molar-refractivity contribution in [3.8, 4) is 0 Å². The van der Waals surface area contributed by atoms with Crippen molar-refractivity contribution in [2.24, 2.45) is 0 Å². The first-order valence-electron chi connectivity index (χ1n) is 6.48. The maximum Gasteiger partial charge on any atom is 0.322 e. The van der Waals surface area contributed by atoms with Crippen molar-refractivity contribution in [3.05, 3.63) is 24.5 Å². The maximum atomic E-state index is 12.6. The van der Waals surface area contributed by atoms with Crippen LogP contribution in [0.2, 0.25) is 0 Å². The van der Waals surface area contributed by atoms with Gasteiger partial charge in [0.05, 0.1) is 0 Å². The second-order valence-corrected chi connectivity index (χ2v) is 7.06. The minimum atomic E-state index is -3.73. The number of amides is 3. The summed E-state index contributed by atoms with van der Waals surface area (Å²) in [5, 5.41) is 4.72. The van der Waals surface area contributed by atoms with E-state index in [1.165, 1.54) is 28.8 Å². The fourth-order valence-corrected chi connectivity index (χ4v) is 4.19. The molecule has 1 aromatic heterocycles. The van der Waals surface area contributed by atoms with Crippen LogP contribution in [0.1, 0.15) is 12.8 Å². The minimum Gasteiger partial charge on any atom is -0.322 e. The molecule has 0 radical (unpaired) electrons. The Morgan fingerprint density at radius 1 is 1.33 bits per heavy atom. The number of aromatic nitrogens is 1. The molecule has 1 aromatic rings. The van der Waals surface area contributed by atoms with Gasteiger partial charge in [0, 0.05) is 25.5 Å². The number of hydrogen-bond acceptors (Lipinski definition) is 5. The third-order valence-electron chi connectivity index (χ3n) is 3.74. The van der Waals surface area contributed by atoms with E-state index in [2.05, 4.69) is 15.6 Å². The molecule has 2 aliphatic rings. The van der Waals surface area contributed by atoms with E-state index >= 15 is 0 Å². The van der Waals surface area contributed by atoms with E-state index in [1.54, 1.807) is 0 Å². The summed E-state index contributed by atoms with van der Waals surface area (Å²) < 4.78 is 26.3. The van der Waals surface area contributed by atoms with Gasteiger partial charge in [0.25, 0.3) is 5.91 Å². The van der Waals surface area contributed by atoms with Crippen molar-refractivity contribution in [1.29, 1.82) is 0 Å². The summed E-state index contributed by atoms with van der Waals surface area (Å²) in [4.78, 5) is 27.2. The lowest BCUT2D eigenvalue weighted by Gasteiger charge is -2.37. The van der Waals surface area contributed by atoms with Gasteiger partial charge in [-0.15, -0.1) is 0 Å². The first kappa shape index (κ1) is 14.0. The molecule has 0 aromatic carbocycles. The average molecular weight is 310 g/mol. The third kappa shape index (κ3) is 2.28. The smallest absolute Gasteiger partial charge is 0.322 e. The van der Waals surface area contributed by atoms with Gasteiger partial charge >= 0.3 is 6.03 Å². The second kappa shape index (κ2) is 4.78. The van der Waals surface area contributed by atoms with E-state index in [1.807, 2.05) is 0 Å². The topological polar surface area (TPSA) is 108 Å². The van der Waals surface area contributed by atoms with Crippen LogP contribution in [0.5, 0.6) is 0 Å². The standard InChI is InChI=1S/C12H14N4O4S/c17-10-12(15-11(18)14-10)4-2-6-16(8-12)21(19,20)9-3-1-5-13-7-9/h1,3,5,7H,2,4,6,8H2,(H2,14,15,17,18). The monoisotopic (exact) mass is 310 g/mol. The number of hydrogen-bond donors (Lipinski definition) is 2. The van der Waals surface area contributed by atoms with Crippen molar-refractivity contribution < 1.29 is 18.0 Å². The number of piperidine rings is 1. The highest BCUT2D eigenvalue weighted by atomic mass is 32.2. The van der Waals surface area contributed by atoms with Crippen LogP contribution in [-0.2, 0) is 14.8 Å². The molecule has 21 heavy (non-hydrogen) atoms. The van der Waals surface area contributed by atoms with Crippen LogP contribution in [0.3, 0.4) is 0 Å². The summed E-state index contributed by atoms with van der Waals surface area (Å²) in [7, 11) is -3.73. The van der Waals surface area contributed by atoms with Gasteiger partial charge in [-0.1, -0.05) is 0 Å². The van der Waals surface area contributed by atoms with Crippen LogP contribution >= 0.6 is 0 Å². The number of carbonyl (C=O) groups is 2. The van der Waals surface area contributed by atoms with Gasteiger partial charge in [-0.05, 0) is 25.0 Å². The molecule has 3 amide bonds. The highest BCUT2D eigenvalue weighted by Crippen LogP contribution is 2.28. The van der Waals surface area contributed by atoms with Crippen molar-refractivity contribution in [2.75, 3.05) is 13.1 Å². The Labute approximate surface area is 121 Å². The fraction of sp³-hybridized carbons (Fsp3) is 0.417. The molecular formula is C12H14N4O4S. The Morgan fingerprint density at radius 2 is 2.14 bits per heavy atom. The van der Waals surface area contributed by atoms with Crippen LogP contribution in [0.15, 0.2) is 29.4 Å². The van der Waals surface area contributed by atoms with Crippen LogP contribution in [-0.4, -0.2) is 48.3 Å². The SMILES string of the molecule is O=C1NC(=O)C2(CCCN(S(=O)(=O)c3cccnc3)C2)N1. The van der Waals surface area contributed by atoms with E-state index in [0.29, 0.717) is 19.4 Å². The van der Waals surface area contributed by atoms with Crippen LogP contribution in [0, 0.1) is 0 Å². The van der Waals surface area contributed by atoms with Crippen molar-refractivity contribution in [2.45, 2.75) is 23.3 Å². The van der Waals surface area contributed by atoms with Gasteiger partial charge in [0.15, 0.2) is 0 Å². The molecule has 2 saturated heterocycles. The normalized spacial score (nSPS) is 26.7. The van der Waals surface area contributed by atoms with Gasteiger partial charge in [0.1, 0.15) is 10.4 Å². The third-order valence-corrected chi connectivity index (χ3v) is 5.57. The Kier molecular flexibility index (Phi) is 3.18. The van der Waals surface area contributed by atoms with E-state index in [4.69, 9.17) is 0 Å². The quantitative estimate of drug-likeness (QED) is 0.712. The summed E-state index contributed by atoms with van der Waals surface area (Å²) in [6.07, 6.45) is 3.67. The molecular weight excluding hydrogens is 296 g/mol. The Hall–Kier alpha value is -2.00. The molecule has 2 N–H and O–H groups in total. The summed E-state index contributed by atoms with van der Waals surface area (Å²) in [6, 6.07) is 2.41. The lowest BCUT2D eigenvalue weighted by atomic mass is 9.90. The highest BCUT2D eigenvalue weighted by Gasteiger charge is 2.50. The predicted molar refractivity (Wildman–Crippen MR) is 71.6 cm³/mol. The Bertz CT molecular complexity index is 690. The maximum absolute atomic E-state index is 12.6. The number of urea groups is 1. The molecule has 9 heteroatoms. The molecule has 1 atom stereocenters. The fourth-order valence-electron chi connectivity index (χ4n) is 2.69. The molecule has 3 rings (SSSR count). The lowest BCUT2D eigenvalue weighted by molar-refractivity contribution is -0.125. The molecule has 1 unspecified atom stereocenters. The number of sulfonamides is 1. The number of nitrogens with one attached hydrogen (secondary N) is 2. The van der Waals surface area contributed by atoms with Gasteiger partial charge in [-0.2, -0.15) is 4.31 Å². The summed E-state index contributed by atoms with van der Waals surface area (Å²) >= 11 is 0.